The summed E-state index contributed by atoms with van der Waals surface area (Å²) >= 11 is 1.63. The zero-order valence-corrected chi connectivity index (χ0v) is 14.1. The summed E-state index contributed by atoms with van der Waals surface area (Å²) in [7, 11) is 0. The lowest BCUT2D eigenvalue weighted by molar-refractivity contribution is 0.0342. The molecule has 2 N–H and O–H groups in total. The molecule has 5 nitrogen and oxygen atoms in total. The molecule has 1 saturated heterocycles. The van der Waals surface area contributed by atoms with Gasteiger partial charge >= 0.3 is 0 Å². The van der Waals surface area contributed by atoms with Crippen molar-refractivity contribution in [2.24, 2.45) is 0 Å². The number of H-pyrrole nitrogens is 1. The van der Waals surface area contributed by atoms with Crippen LogP contribution in [0.4, 0.5) is 5.69 Å². The monoisotopic (exact) mass is 341 g/mol. The number of amides is 1. The quantitative estimate of drug-likeness (QED) is 0.765. The second-order valence-corrected chi connectivity index (χ2v) is 6.83. The molecule has 0 saturated carbocycles. The Labute approximate surface area is 144 Å². The Balaban J connectivity index is 1.51. The van der Waals surface area contributed by atoms with Crippen LogP contribution in [0.3, 0.4) is 0 Å². The number of ether oxygens (including phenoxy) is 1. The van der Waals surface area contributed by atoms with E-state index in [1.165, 1.54) is 0 Å². The topological polar surface area (TPSA) is 57.4 Å². The number of carbonyl (C=O) groups is 1. The number of anilines is 1. The van der Waals surface area contributed by atoms with Crippen molar-refractivity contribution < 1.29 is 9.53 Å². The van der Waals surface area contributed by atoms with Gasteiger partial charge in [0.25, 0.3) is 5.91 Å². The van der Waals surface area contributed by atoms with Crippen molar-refractivity contribution in [1.29, 1.82) is 0 Å². The Morgan fingerprint density at radius 3 is 2.92 bits per heavy atom. The third-order valence-corrected chi connectivity index (χ3v) is 5.11. The molecule has 1 fully saturated rings. The number of morpholine rings is 1. The normalized spacial score (nSPS) is 15.7. The number of thiophene rings is 1. The second kappa shape index (κ2) is 6.76. The van der Waals surface area contributed by atoms with Gasteiger partial charge in [-0.05, 0) is 29.1 Å². The van der Waals surface area contributed by atoms with Crippen molar-refractivity contribution in [3.05, 3.63) is 53.0 Å². The van der Waals surface area contributed by atoms with E-state index < -0.39 is 0 Å². The van der Waals surface area contributed by atoms with E-state index in [1.54, 1.807) is 11.3 Å². The van der Waals surface area contributed by atoms with Crippen LogP contribution in [0.25, 0.3) is 10.2 Å². The van der Waals surface area contributed by atoms with Crippen LogP contribution in [0.1, 0.15) is 16.1 Å². The maximum Gasteiger partial charge on any atom is 0.272 e. The van der Waals surface area contributed by atoms with Gasteiger partial charge in [-0.15, -0.1) is 11.3 Å². The highest BCUT2D eigenvalue weighted by Crippen LogP contribution is 2.23. The van der Waals surface area contributed by atoms with Crippen molar-refractivity contribution in [2.75, 3.05) is 31.6 Å². The number of para-hydroxylation sites is 1. The van der Waals surface area contributed by atoms with Crippen molar-refractivity contribution in [2.45, 2.75) is 6.54 Å². The molecule has 3 heterocycles. The van der Waals surface area contributed by atoms with Crippen LogP contribution >= 0.6 is 11.3 Å². The lowest BCUT2D eigenvalue weighted by Gasteiger charge is -2.27. The predicted molar refractivity (Wildman–Crippen MR) is 96.7 cm³/mol. The van der Waals surface area contributed by atoms with Gasteiger partial charge in [-0.1, -0.05) is 18.2 Å². The van der Waals surface area contributed by atoms with Gasteiger partial charge in [-0.25, -0.2) is 0 Å². The lowest BCUT2D eigenvalue weighted by Crippen LogP contribution is -2.35. The average molecular weight is 341 g/mol. The fourth-order valence-corrected chi connectivity index (χ4v) is 3.72. The van der Waals surface area contributed by atoms with Gasteiger partial charge in [-0.3, -0.25) is 9.69 Å². The first-order chi connectivity index (χ1) is 11.8. The van der Waals surface area contributed by atoms with Crippen LogP contribution in [-0.2, 0) is 11.3 Å². The summed E-state index contributed by atoms with van der Waals surface area (Å²) in [6.45, 7) is 4.21. The average Bonchev–Trinajstić information content (AvgIpc) is 3.19. The molecule has 124 valence electrons. The molecule has 0 radical (unpaired) electrons. The third kappa shape index (κ3) is 3.21. The van der Waals surface area contributed by atoms with Gasteiger partial charge in [0.05, 0.1) is 23.4 Å². The first-order valence-corrected chi connectivity index (χ1v) is 8.93. The highest BCUT2D eigenvalue weighted by Gasteiger charge is 2.15. The number of nitrogens with one attached hydrogen (secondary N) is 2. The fourth-order valence-electron chi connectivity index (χ4n) is 2.94. The molecule has 1 aliphatic heterocycles. The van der Waals surface area contributed by atoms with Crippen LogP contribution in [-0.4, -0.2) is 42.1 Å². The molecule has 0 spiro atoms. The van der Waals surface area contributed by atoms with Gasteiger partial charge in [-0.2, -0.15) is 0 Å². The van der Waals surface area contributed by atoms with Crippen LogP contribution in [0, 0.1) is 0 Å². The summed E-state index contributed by atoms with van der Waals surface area (Å²) in [5.74, 6) is -0.104. The largest absolute Gasteiger partial charge is 0.379 e. The number of hydrogen-bond acceptors (Lipinski definition) is 4. The van der Waals surface area contributed by atoms with E-state index in [2.05, 4.69) is 21.3 Å². The number of fused-ring (bicyclic) bond motifs is 1. The SMILES string of the molecule is O=C(Nc1ccccc1CN1CCOCC1)c1cc2sccc2[nH]1. The lowest BCUT2D eigenvalue weighted by atomic mass is 10.1. The van der Waals surface area contributed by atoms with E-state index in [4.69, 9.17) is 4.74 Å². The number of benzene rings is 1. The van der Waals surface area contributed by atoms with E-state index >= 15 is 0 Å². The molecule has 0 atom stereocenters. The maximum absolute atomic E-state index is 12.6. The summed E-state index contributed by atoms with van der Waals surface area (Å²) in [4.78, 5) is 18.1. The molecule has 6 heteroatoms. The van der Waals surface area contributed by atoms with Crippen LogP contribution in [0.15, 0.2) is 41.8 Å². The second-order valence-electron chi connectivity index (χ2n) is 5.88. The van der Waals surface area contributed by atoms with Gasteiger partial charge in [0.1, 0.15) is 5.69 Å². The van der Waals surface area contributed by atoms with Crippen molar-refractivity contribution in [3.63, 3.8) is 0 Å². The Morgan fingerprint density at radius 1 is 1.25 bits per heavy atom. The highest BCUT2D eigenvalue weighted by atomic mass is 32.1. The Hall–Kier alpha value is -2.15. The zero-order valence-electron chi connectivity index (χ0n) is 13.2. The Bertz CT molecular complexity index is 820. The summed E-state index contributed by atoms with van der Waals surface area (Å²) in [6, 6.07) is 11.9. The summed E-state index contributed by atoms with van der Waals surface area (Å²) in [6.07, 6.45) is 0. The summed E-state index contributed by atoms with van der Waals surface area (Å²) in [5, 5.41) is 5.06. The van der Waals surface area contributed by atoms with Crippen molar-refractivity contribution in [3.8, 4) is 0 Å². The molecule has 0 bridgehead atoms. The molecule has 0 unspecified atom stereocenters. The Morgan fingerprint density at radius 2 is 2.08 bits per heavy atom. The van der Waals surface area contributed by atoms with E-state index in [-0.39, 0.29) is 5.91 Å². The smallest absolute Gasteiger partial charge is 0.272 e. The number of aromatic amines is 1. The minimum atomic E-state index is -0.104. The number of aromatic nitrogens is 1. The van der Waals surface area contributed by atoms with E-state index in [9.17, 15) is 4.79 Å². The van der Waals surface area contributed by atoms with E-state index in [0.717, 1.165) is 54.3 Å². The Kier molecular flexibility index (Phi) is 4.34. The van der Waals surface area contributed by atoms with Crippen LogP contribution in [0.5, 0.6) is 0 Å². The number of nitrogens with zero attached hydrogens (tertiary/aromatic N) is 1. The van der Waals surface area contributed by atoms with Gasteiger partial charge in [0.15, 0.2) is 0 Å². The molecule has 24 heavy (non-hydrogen) atoms. The van der Waals surface area contributed by atoms with Gasteiger partial charge < -0.3 is 15.0 Å². The summed E-state index contributed by atoms with van der Waals surface area (Å²) < 4.78 is 6.50. The molecule has 1 aliphatic rings. The fraction of sp³-hybridized carbons (Fsp3) is 0.278. The van der Waals surface area contributed by atoms with Crippen LogP contribution in [0.2, 0.25) is 0 Å². The summed E-state index contributed by atoms with van der Waals surface area (Å²) in [5.41, 5.74) is 3.60. The van der Waals surface area contributed by atoms with Crippen LogP contribution < -0.4 is 5.32 Å². The van der Waals surface area contributed by atoms with Crippen molar-refractivity contribution in [1.82, 2.24) is 9.88 Å². The minimum absolute atomic E-state index is 0.104. The molecule has 0 aliphatic carbocycles. The highest BCUT2D eigenvalue weighted by molar-refractivity contribution is 7.17. The number of carbonyl (C=O) groups excluding carboxylic acids is 1. The molecule has 4 rings (SSSR count). The number of rotatable bonds is 4. The standard InChI is InChI=1S/C18H19N3O2S/c22-18(16-11-17-15(19-16)5-10-24-17)20-14-4-2-1-3-13(14)12-21-6-8-23-9-7-21/h1-5,10-11,19H,6-9,12H2,(H,20,22). The molecule has 3 aromatic rings. The molecular weight excluding hydrogens is 322 g/mol. The zero-order chi connectivity index (χ0) is 16.4. The van der Waals surface area contributed by atoms with Gasteiger partial charge in [0.2, 0.25) is 0 Å². The molecule has 2 aromatic heterocycles. The van der Waals surface area contributed by atoms with E-state index in [0.29, 0.717) is 5.69 Å². The van der Waals surface area contributed by atoms with Gasteiger partial charge in [0, 0.05) is 25.3 Å². The van der Waals surface area contributed by atoms with E-state index in [1.807, 2.05) is 35.7 Å². The first-order valence-electron chi connectivity index (χ1n) is 8.05. The minimum Gasteiger partial charge on any atom is -0.379 e. The molecule has 1 aromatic carbocycles. The molecule has 1 amide bonds. The van der Waals surface area contributed by atoms with Crippen molar-refractivity contribution >= 4 is 33.1 Å². The first kappa shape index (κ1) is 15.4. The number of hydrogen-bond donors (Lipinski definition) is 2. The third-order valence-electron chi connectivity index (χ3n) is 4.25. The maximum atomic E-state index is 12.6. The predicted octanol–water partition coefficient (Wildman–Crippen LogP) is 3.31. The molecular formula is C18H19N3O2S.